The van der Waals surface area contributed by atoms with Crippen LogP contribution in [0.2, 0.25) is 0 Å². The Morgan fingerprint density at radius 3 is 2.74 bits per heavy atom. The summed E-state index contributed by atoms with van der Waals surface area (Å²) in [5, 5.41) is 13.1. The Labute approximate surface area is 211 Å². The maximum Gasteiger partial charge on any atom is 0.246 e. The van der Waals surface area contributed by atoms with Crippen LogP contribution in [-0.4, -0.2) is 85.7 Å². The lowest BCUT2D eigenvalue weighted by Crippen LogP contribution is -2.38. The number of likely N-dealkylation sites (N-methyl/N-ethyl adjacent to an activating group) is 1. The Morgan fingerprint density at radius 1 is 1.29 bits per heavy atom. The van der Waals surface area contributed by atoms with E-state index in [1.165, 1.54) is 11.3 Å². The maximum absolute atomic E-state index is 12.5. The summed E-state index contributed by atoms with van der Waals surface area (Å²) in [6.45, 7) is 5.45. The first-order valence-corrected chi connectivity index (χ1v) is 12.9. The van der Waals surface area contributed by atoms with E-state index in [2.05, 4.69) is 27.3 Å². The minimum absolute atomic E-state index is 0.101. The Bertz CT molecular complexity index is 1060. The number of rotatable bonds is 8. The zero-order valence-electron chi connectivity index (χ0n) is 20.4. The van der Waals surface area contributed by atoms with Crippen LogP contribution in [0.3, 0.4) is 0 Å². The number of likely N-dealkylation sites (tertiary alicyclic amines) is 1. The van der Waals surface area contributed by atoms with Crippen LogP contribution in [0.15, 0.2) is 30.5 Å². The van der Waals surface area contributed by atoms with Crippen LogP contribution in [0, 0.1) is 17.2 Å². The van der Waals surface area contributed by atoms with Gasteiger partial charge in [-0.25, -0.2) is 9.97 Å². The van der Waals surface area contributed by atoms with Gasteiger partial charge in [0.1, 0.15) is 16.8 Å². The molecule has 2 aliphatic rings. The number of aromatic nitrogens is 2. The molecule has 2 aliphatic heterocycles. The summed E-state index contributed by atoms with van der Waals surface area (Å²) in [7, 11) is 3.98. The molecule has 2 fully saturated rings. The maximum atomic E-state index is 12.5. The lowest BCUT2D eigenvalue weighted by Gasteiger charge is -2.32. The quantitative estimate of drug-likeness (QED) is 0.559. The van der Waals surface area contributed by atoms with Gasteiger partial charge in [0.25, 0.3) is 0 Å². The zero-order valence-corrected chi connectivity index (χ0v) is 21.3. The van der Waals surface area contributed by atoms with E-state index >= 15 is 0 Å². The number of pyridine rings is 1. The fourth-order valence-corrected chi connectivity index (χ4v) is 4.98. The van der Waals surface area contributed by atoms with E-state index in [9.17, 15) is 4.79 Å². The molecule has 35 heavy (non-hydrogen) atoms. The first kappa shape index (κ1) is 25.1. The number of carbonyl (C=O) groups excluding carboxylic acids is 1. The number of nitrogens with zero attached hydrogens (tertiary/aromatic N) is 6. The lowest BCUT2D eigenvalue weighted by molar-refractivity contribution is -0.127. The molecule has 0 spiro atoms. The minimum Gasteiger partial charge on any atom is -0.378 e. The number of hydrogen-bond donors (Lipinski definition) is 1. The van der Waals surface area contributed by atoms with Gasteiger partial charge < -0.3 is 24.8 Å². The van der Waals surface area contributed by atoms with Gasteiger partial charge in [-0.1, -0.05) is 17.4 Å². The fourth-order valence-electron chi connectivity index (χ4n) is 4.36. The van der Waals surface area contributed by atoms with E-state index in [4.69, 9.17) is 15.0 Å². The number of piperidine rings is 1. The van der Waals surface area contributed by atoms with Gasteiger partial charge in [-0.2, -0.15) is 5.26 Å². The summed E-state index contributed by atoms with van der Waals surface area (Å²) in [5.74, 6) is 1.32. The fraction of sp³-hybridized carbons (Fsp3) is 0.520. The molecular weight excluding hydrogens is 462 g/mol. The number of morpholine rings is 1. The number of carbonyl (C=O) groups is 1. The third-order valence-corrected chi connectivity index (χ3v) is 7.06. The first-order chi connectivity index (χ1) is 17.0. The van der Waals surface area contributed by atoms with Crippen molar-refractivity contribution in [3.8, 4) is 6.07 Å². The third kappa shape index (κ3) is 7.24. The molecule has 10 heteroatoms. The van der Waals surface area contributed by atoms with Gasteiger partial charge in [-0.15, -0.1) is 0 Å². The Hall–Kier alpha value is -3.00. The van der Waals surface area contributed by atoms with Crippen LogP contribution in [0.1, 0.15) is 23.4 Å². The number of nitriles is 1. The summed E-state index contributed by atoms with van der Waals surface area (Å²) in [6, 6.07) is 6.35. The van der Waals surface area contributed by atoms with E-state index < -0.39 is 0 Å². The topological polar surface area (TPSA) is 97.6 Å². The van der Waals surface area contributed by atoms with Gasteiger partial charge in [0, 0.05) is 56.2 Å². The van der Waals surface area contributed by atoms with E-state index in [0.29, 0.717) is 29.1 Å². The number of hydrogen-bond acceptors (Lipinski definition) is 9. The van der Waals surface area contributed by atoms with Crippen molar-refractivity contribution in [2.75, 3.05) is 70.2 Å². The highest BCUT2D eigenvalue weighted by Gasteiger charge is 2.23. The number of ether oxygens (including phenoxy) is 1. The van der Waals surface area contributed by atoms with E-state index in [1.54, 1.807) is 12.3 Å². The summed E-state index contributed by atoms with van der Waals surface area (Å²) in [5.41, 5.74) is 2.15. The second-order valence-electron chi connectivity index (χ2n) is 9.21. The highest BCUT2D eigenvalue weighted by atomic mass is 32.1. The molecule has 0 bridgehead atoms. The van der Waals surface area contributed by atoms with Crippen LogP contribution < -0.4 is 10.2 Å². The molecule has 186 valence electrons. The molecule has 4 heterocycles. The van der Waals surface area contributed by atoms with Crippen LogP contribution in [0.25, 0.3) is 0 Å². The van der Waals surface area contributed by atoms with Crippen LogP contribution in [-0.2, 0) is 16.0 Å². The van der Waals surface area contributed by atoms with Crippen molar-refractivity contribution in [1.82, 2.24) is 19.8 Å². The molecule has 0 atom stereocenters. The molecule has 9 nitrogen and oxygen atoms in total. The molecule has 1 N–H and O–H groups in total. The number of anilines is 3. The highest BCUT2D eigenvalue weighted by molar-refractivity contribution is 7.16. The standard InChI is InChI=1S/C25H33N7O2S/c1-30(2)7-3-4-24(33)32-8-5-19(6-9-32)14-20-15-21(31-10-12-34-13-11-31)16-23(28-20)29-25-27-18-22(17-26)35-25/h3-4,15-16,18-19H,5-14H2,1-2H3,(H,27,28,29)/b4-3+. The van der Waals surface area contributed by atoms with Crippen molar-refractivity contribution in [2.45, 2.75) is 19.3 Å². The molecule has 0 saturated carbocycles. The van der Waals surface area contributed by atoms with Crippen molar-refractivity contribution >= 4 is 33.9 Å². The van der Waals surface area contributed by atoms with E-state index in [0.717, 1.165) is 69.2 Å². The minimum atomic E-state index is 0.101. The average molecular weight is 496 g/mol. The molecule has 0 aromatic carbocycles. The van der Waals surface area contributed by atoms with Gasteiger partial charge in [0.15, 0.2) is 5.13 Å². The monoisotopic (exact) mass is 495 g/mol. The second-order valence-corrected chi connectivity index (χ2v) is 10.2. The molecule has 0 radical (unpaired) electrons. The van der Waals surface area contributed by atoms with Crippen molar-refractivity contribution in [1.29, 1.82) is 5.26 Å². The Morgan fingerprint density at radius 2 is 2.06 bits per heavy atom. The summed E-state index contributed by atoms with van der Waals surface area (Å²) in [6.07, 6.45) is 8.00. The molecule has 0 aliphatic carbocycles. The Balaban J connectivity index is 1.42. The summed E-state index contributed by atoms with van der Waals surface area (Å²) >= 11 is 1.32. The van der Waals surface area contributed by atoms with Gasteiger partial charge >= 0.3 is 0 Å². The SMILES string of the molecule is CN(C)C/C=C/C(=O)N1CCC(Cc2cc(N3CCOCC3)cc(Nc3ncc(C#N)s3)n2)CC1. The first-order valence-electron chi connectivity index (χ1n) is 12.1. The largest absolute Gasteiger partial charge is 0.378 e. The lowest BCUT2D eigenvalue weighted by atomic mass is 9.91. The Kier molecular flexibility index (Phi) is 8.69. The molecular formula is C25H33N7O2S. The predicted molar refractivity (Wildman–Crippen MR) is 138 cm³/mol. The third-order valence-electron chi connectivity index (χ3n) is 6.25. The number of thiazole rings is 1. The predicted octanol–water partition coefficient (Wildman–Crippen LogP) is 2.89. The van der Waals surface area contributed by atoms with Gasteiger partial charge in [-0.3, -0.25) is 4.79 Å². The molecule has 2 aromatic heterocycles. The van der Waals surface area contributed by atoms with E-state index in [1.807, 2.05) is 36.0 Å². The van der Waals surface area contributed by atoms with Crippen LogP contribution in [0.5, 0.6) is 0 Å². The van der Waals surface area contributed by atoms with Gasteiger partial charge in [-0.05, 0) is 45.3 Å². The second kappa shape index (κ2) is 12.1. The molecule has 0 unspecified atom stereocenters. The number of amides is 1. The summed E-state index contributed by atoms with van der Waals surface area (Å²) in [4.78, 5) is 28.5. The molecule has 1 amide bonds. The van der Waals surface area contributed by atoms with Crippen molar-refractivity contribution in [3.05, 3.63) is 41.1 Å². The van der Waals surface area contributed by atoms with Crippen molar-refractivity contribution in [3.63, 3.8) is 0 Å². The van der Waals surface area contributed by atoms with Crippen LogP contribution >= 0.6 is 11.3 Å². The van der Waals surface area contributed by atoms with E-state index in [-0.39, 0.29) is 5.91 Å². The molecule has 4 rings (SSSR count). The van der Waals surface area contributed by atoms with Crippen molar-refractivity contribution in [2.24, 2.45) is 5.92 Å². The number of nitrogens with one attached hydrogen (secondary N) is 1. The molecule has 2 aromatic rings. The normalized spacial score (nSPS) is 17.2. The molecule has 2 saturated heterocycles. The van der Waals surface area contributed by atoms with Crippen LogP contribution in [0.4, 0.5) is 16.6 Å². The van der Waals surface area contributed by atoms with Gasteiger partial charge in [0.05, 0.1) is 19.4 Å². The van der Waals surface area contributed by atoms with Gasteiger partial charge in [0.2, 0.25) is 5.91 Å². The highest BCUT2D eigenvalue weighted by Crippen LogP contribution is 2.28. The average Bonchev–Trinajstić information content (AvgIpc) is 3.32. The zero-order chi connectivity index (χ0) is 24.6. The smallest absolute Gasteiger partial charge is 0.246 e. The van der Waals surface area contributed by atoms with Crippen molar-refractivity contribution < 1.29 is 9.53 Å². The summed E-state index contributed by atoms with van der Waals surface area (Å²) < 4.78 is 5.53.